The number of rotatable bonds is 4. The van der Waals surface area contributed by atoms with E-state index >= 15 is 0 Å². The molecule has 2 fully saturated rings. The zero-order chi connectivity index (χ0) is 13.7. The lowest BCUT2D eigenvalue weighted by Gasteiger charge is -2.33. The fourth-order valence-corrected chi connectivity index (χ4v) is 3.41. The SMILES string of the molecule is NCC1CCC(CC(=O)N2CCC(CO)CC2)CC1. The average molecular weight is 268 g/mol. The van der Waals surface area contributed by atoms with Crippen LogP contribution >= 0.6 is 0 Å². The van der Waals surface area contributed by atoms with Crippen LogP contribution in [0.1, 0.15) is 44.9 Å². The zero-order valence-electron chi connectivity index (χ0n) is 11.9. The minimum Gasteiger partial charge on any atom is -0.396 e. The molecule has 1 saturated heterocycles. The van der Waals surface area contributed by atoms with E-state index in [1.165, 1.54) is 25.7 Å². The number of nitrogens with two attached hydrogens (primary N) is 1. The Kier molecular flexibility index (Phi) is 5.64. The predicted octanol–water partition coefficient (Wildman–Crippen LogP) is 1.37. The number of likely N-dealkylation sites (tertiary alicyclic amines) is 1. The first-order chi connectivity index (χ1) is 9.22. The maximum Gasteiger partial charge on any atom is 0.222 e. The monoisotopic (exact) mass is 268 g/mol. The number of carbonyl (C=O) groups excluding carboxylic acids is 1. The molecule has 1 aliphatic heterocycles. The molecule has 4 nitrogen and oxygen atoms in total. The number of nitrogens with zero attached hydrogens (tertiary/aromatic N) is 1. The Bertz CT molecular complexity index is 280. The van der Waals surface area contributed by atoms with Crippen LogP contribution in [0.5, 0.6) is 0 Å². The molecule has 1 heterocycles. The van der Waals surface area contributed by atoms with Crippen LogP contribution in [-0.2, 0) is 4.79 Å². The first kappa shape index (κ1) is 14.8. The molecule has 0 atom stereocenters. The number of piperidine rings is 1. The third-order valence-corrected chi connectivity index (χ3v) is 4.99. The van der Waals surface area contributed by atoms with E-state index in [1.807, 2.05) is 4.90 Å². The molecule has 0 aromatic rings. The summed E-state index contributed by atoms with van der Waals surface area (Å²) >= 11 is 0. The number of hydrogen-bond donors (Lipinski definition) is 2. The van der Waals surface area contributed by atoms with Gasteiger partial charge in [-0.1, -0.05) is 0 Å². The second kappa shape index (κ2) is 7.25. The van der Waals surface area contributed by atoms with Crippen molar-refractivity contribution in [3.05, 3.63) is 0 Å². The van der Waals surface area contributed by atoms with Gasteiger partial charge < -0.3 is 15.7 Å². The van der Waals surface area contributed by atoms with Crippen molar-refractivity contribution >= 4 is 5.91 Å². The number of aliphatic hydroxyl groups is 1. The van der Waals surface area contributed by atoms with E-state index in [2.05, 4.69) is 0 Å². The Hall–Kier alpha value is -0.610. The molecule has 0 radical (unpaired) electrons. The zero-order valence-corrected chi connectivity index (χ0v) is 11.9. The van der Waals surface area contributed by atoms with Gasteiger partial charge in [0.1, 0.15) is 0 Å². The van der Waals surface area contributed by atoms with Gasteiger partial charge in [0.15, 0.2) is 0 Å². The quantitative estimate of drug-likeness (QED) is 0.809. The van der Waals surface area contributed by atoms with Gasteiger partial charge in [0, 0.05) is 26.1 Å². The summed E-state index contributed by atoms with van der Waals surface area (Å²) in [4.78, 5) is 14.3. The smallest absolute Gasteiger partial charge is 0.222 e. The Balaban J connectivity index is 1.70. The van der Waals surface area contributed by atoms with Gasteiger partial charge in [-0.05, 0) is 62.8 Å². The van der Waals surface area contributed by atoms with Crippen molar-refractivity contribution in [2.75, 3.05) is 26.2 Å². The molecule has 0 aromatic carbocycles. The third kappa shape index (κ3) is 4.18. The van der Waals surface area contributed by atoms with E-state index in [0.717, 1.165) is 38.9 Å². The van der Waals surface area contributed by atoms with Crippen molar-refractivity contribution in [1.82, 2.24) is 4.90 Å². The molecule has 3 N–H and O–H groups in total. The van der Waals surface area contributed by atoms with Crippen molar-refractivity contribution in [2.45, 2.75) is 44.9 Å². The summed E-state index contributed by atoms with van der Waals surface area (Å²) in [5.41, 5.74) is 5.70. The summed E-state index contributed by atoms with van der Waals surface area (Å²) in [5, 5.41) is 9.11. The van der Waals surface area contributed by atoms with Crippen LogP contribution in [0.25, 0.3) is 0 Å². The van der Waals surface area contributed by atoms with E-state index in [9.17, 15) is 4.79 Å². The van der Waals surface area contributed by atoms with Crippen molar-refractivity contribution < 1.29 is 9.90 Å². The highest BCUT2D eigenvalue weighted by Crippen LogP contribution is 2.31. The molecule has 0 bridgehead atoms. The van der Waals surface area contributed by atoms with Crippen LogP contribution in [0.15, 0.2) is 0 Å². The van der Waals surface area contributed by atoms with Gasteiger partial charge in [0.05, 0.1) is 0 Å². The fourth-order valence-electron chi connectivity index (χ4n) is 3.41. The molecule has 0 unspecified atom stereocenters. The van der Waals surface area contributed by atoms with E-state index in [0.29, 0.717) is 23.7 Å². The number of amides is 1. The summed E-state index contributed by atoms with van der Waals surface area (Å²) < 4.78 is 0. The van der Waals surface area contributed by atoms with Crippen molar-refractivity contribution in [2.24, 2.45) is 23.5 Å². The number of aliphatic hydroxyl groups excluding tert-OH is 1. The molecule has 1 amide bonds. The van der Waals surface area contributed by atoms with Gasteiger partial charge in [-0.2, -0.15) is 0 Å². The van der Waals surface area contributed by atoms with Gasteiger partial charge in [0.2, 0.25) is 5.91 Å². The largest absolute Gasteiger partial charge is 0.396 e. The van der Waals surface area contributed by atoms with Crippen molar-refractivity contribution in [3.63, 3.8) is 0 Å². The highest BCUT2D eigenvalue weighted by molar-refractivity contribution is 5.76. The van der Waals surface area contributed by atoms with Crippen LogP contribution in [0, 0.1) is 17.8 Å². The average Bonchev–Trinajstić information content (AvgIpc) is 2.48. The molecule has 1 aliphatic carbocycles. The number of hydrogen-bond acceptors (Lipinski definition) is 3. The second-order valence-corrected chi connectivity index (χ2v) is 6.33. The lowest BCUT2D eigenvalue weighted by atomic mass is 9.80. The molecular formula is C15H28N2O2. The van der Waals surface area contributed by atoms with Crippen LogP contribution in [0.2, 0.25) is 0 Å². The van der Waals surface area contributed by atoms with Gasteiger partial charge in [-0.3, -0.25) is 4.79 Å². The molecule has 2 aliphatic rings. The highest BCUT2D eigenvalue weighted by atomic mass is 16.3. The first-order valence-electron chi connectivity index (χ1n) is 7.81. The minimum absolute atomic E-state index is 0.269. The molecule has 4 heteroatoms. The van der Waals surface area contributed by atoms with E-state index in [4.69, 9.17) is 10.8 Å². The third-order valence-electron chi connectivity index (χ3n) is 4.99. The molecular weight excluding hydrogens is 240 g/mol. The summed E-state index contributed by atoms with van der Waals surface area (Å²) in [6.07, 6.45) is 7.37. The van der Waals surface area contributed by atoms with Crippen LogP contribution in [-0.4, -0.2) is 42.2 Å². The lowest BCUT2D eigenvalue weighted by molar-refractivity contribution is -0.134. The Morgan fingerprint density at radius 2 is 1.58 bits per heavy atom. The van der Waals surface area contributed by atoms with Crippen molar-refractivity contribution in [1.29, 1.82) is 0 Å². The second-order valence-electron chi connectivity index (χ2n) is 6.33. The Morgan fingerprint density at radius 1 is 1.00 bits per heavy atom. The Labute approximate surface area is 116 Å². The molecule has 19 heavy (non-hydrogen) atoms. The molecule has 0 aromatic heterocycles. The fraction of sp³-hybridized carbons (Fsp3) is 0.933. The highest BCUT2D eigenvalue weighted by Gasteiger charge is 2.26. The van der Waals surface area contributed by atoms with Gasteiger partial charge in [0.25, 0.3) is 0 Å². The molecule has 2 rings (SSSR count). The predicted molar refractivity (Wildman–Crippen MR) is 75.5 cm³/mol. The van der Waals surface area contributed by atoms with Crippen LogP contribution < -0.4 is 5.73 Å². The Morgan fingerprint density at radius 3 is 2.11 bits per heavy atom. The summed E-state index contributed by atoms with van der Waals surface area (Å²) in [5.74, 6) is 1.99. The van der Waals surface area contributed by atoms with Gasteiger partial charge in [-0.25, -0.2) is 0 Å². The first-order valence-corrected chi connectivity index (χ1v) is 7.81. The number of carbonyl (C=O) groups is 1. The summed E-state index contributed by atoms with van der Waals surface area (Å²) in [6, 6.07) is 0. The maximum absolute atomic E-state index is 12.3. The van der Waals surface area contributed by atoms with Crippen LogP contribution in [0.3, 0.4) is 0 Å². The molecule has 0 spiro atoms. The normalized spacial score (nSPS) is 29.5. The topological polar surface area (TPSA) is 66.6 Å². The standard InChI is InChI=1S/C15H28N2O2/c16-10-13-3-1-12(2-4-13)9-15(19)17-7-5-14(11-18)6-8-17/h12-14,18H,1-11,16H2. The lowest BCUT2D eigenvalue weighted by Crippen LogP contribution is -2.40. The molecule has 1 saturated carbocycles. The van der Waals surface area contributed by atoms with Crippen molar-refractivity contribution in [3.8, 4) is 0 Å². The summed E-state index contributed by atoms with van der Waals surface area (Å²) in [7, 11) is 0. The van der Waals surface area contributed by atoms with E-state index < -0.39 is 0 Å². The van der Waals surface area contributed by atoms with E-state index in [1.54, 1.807) is 0 Å². The van der Waals surface area contributed by atoms with Gasteiger partial charge >= 0.3 is 0 Å². The van der Waals surface area contributed by atoms with Gasteiger partial charge in [-0.15, -0.1) is 0 Å². The maximum atomic E-state index is 12.3. The van der Waals surface area contributed by atoms with Crippen LogP contribution in [0.4, 0.5) is 0 Å². The minimum atomic E-state index is 0.269. The molecule has 110 valence electrons. The summed E-state index contributed by atoms with van der Waals surface area (Å²) in [6.45, 7) is 2.74. The van der Waals surface area contributed by atoms with E-state index in [-0.39, 0.29) is 6.61 Å².